The van der Waals surface area contributed by atoms with Gasteiger partial charge in [-0.1, -0.05) is 0 Å². The molecule has 21 heavy (non-hydrogen) atoms. The molecule has 1 aliphatic rings. The first-order valence-electron chi connectivity index (χ1n) is 7.41. The third kappa shape index (κ3) is 5.00. The Balaban J connectivity index is 2.12. The topological polar surface area (TPSA) is 46.6 Å². The van der Waals surface area contributed by atoms with Gasteiger partial charge in [-0.3, -0.25) is 0 Å². The molecule has 1 unspecified atom stereocenters. The predicted octanol–water partition coefficient (Wildman–Crippen LogP) is 2.18. The monoisotopic (exact) mass is 313 g/mol. The van der Waals surface area contributed by atoms with Gasteiger partial charge in [0.05, 0.1) is 18.9 Å². The molecule has 2 heterocycles. The minimum Gasteiger partial charge on any atom is -0.378 e. The summed E-state index contributed by atoms with van der Waals surface area (Å²) in [7, 11) is 3.84. The van der Waals surface area contributed by atoms with Crippen molar-refractivity contribution in [3.05, 3.63) is 15.6 Å². The van der Waals surface area contributed by atoms with E-state index in [-0.39, 0.29) is 11.6 Å². The van der Waals surface area contributed by atoms with E-state index < -0.39 is 0 Å². The summed E-state index contributed by atoms with van der Waals surface area (Å²) >= 11 is 1.74. The lowest BCUT2D eigenvalue weighted by Crippen LogP contribution is -2.35. The van der Waals surface area contributed by atoms with Crippen molar-refractivity contribution in [3.8, 4) is 0 Å². The van der Waals surface area contributed by atoms with Crippen LogP contribution in [0, 0.1) is 0 Å². The lowest BCUT2D eigenvalue weighted by Gasteiger charge is -2.28. The lowest BCUT2D eigenvalue weighted by atomic mass is 10.1. The van der Waals surface area contributed by atoms with Crippen molar-refractivity contribution in [1.82, 2.24) is 15.2 Å². The summed E-state index contributed by atoms with van der Waals surface area (Å²) in [5.41, 5.74) is 1.13. The van der Waals surface area contributed by atoms with Gasteiger partial charge in [-0.25, -0.2) is 4.98 Å². The van der Waals surface area contributed by atoms with E-state index in [1.54, 1.807) is 18.4 Å². The Hall–Kier alpha value is -0.530. The zero-order chi connectivity index (χ0) is 15.5. The molecule has 120 valence electrons. The second-order valence-corrected chi connectivity index (χ2v) is 7.70. The number of aromatic nitrogens is 1. The summed E-state index contributed by atoms with van der Waals surface area (Å²) < 4.78 is 11.2. The Morgan fingerprint density at radius 2 is 2.24 bits per heavy atom. The molecule has 5 nitrogen and oxygen atoms in total. The Morgan fingerprint density at radius 1 is 1.48 bits per heavy atom. The Kier molecular flexibility index (Phi) is 5.73. The molecule has 1 aromatic heterocycles. The SMILES string of the molecule is COCc1nc(C2CN(C)CCO2)sc1CNC(C)(C)C. The van der Waals surface area contributed by atoms with Gasteiger partial charge < -0.3 is 19.7 Å². The summed E-state index contributed by atoms with van der Waals surface area (Å²) in [6, 6.07) is 0. The second-order valence-electron chi connectivity index (χ2n) is 6.58. The summed E-state index contributed by atoms with van der Waals surface area (Å²) in [5.74, 6) is 0. The normalized spacial score (nSPS) is 20.9. The molecule has 0 aliphatic carbocycles. The number of ether oxygens (including phenoxy) is 2. The van der Waals surface area contributed by atoms with Gasteiger partial charge in [-0.15, -0.1) is 11.3 Å². The van der Waals surface area contributed by atoms with Gasteiger partial charge in [0.15, 0.2) is 0 Å². The average Bonchev–Trinajstić information content (AvgIpc) is 2.79. The zero-order valence-electron chi connectivity index (χ0n) is 13.7. The van der Waals surface area contributed by atoms with Crippen LogP contribution in [0.25, 0.3) is 0 Å². The molecule has 0 radical (unpaired) electrons. The van der Waals surface area contributed by atoms with Crippen LogP contribution in [0.2, 0.25) is 0 Å². The van der Waals surface area contributed by atoms with Crippen LogP contribution < -0.4 is 5.32 Å². The first-order valence-corrected chi connectivity index (χ1v) is 8.23. The van der Waals surface area contributed by atoms with Crippen LogP contribution >= 0.6 is 11.3 Å². The molecule has 0 amide bonds. The molecular formula is C15H27N3O2S. The number of rotatable bonds is 5. The molecule has 0 bridgehead atoms. The highest BCUT2D eigenvalue weighted by Crippen LogP contribution is 2.29. The Bertz CT molecular complexity index is 456. The van der Waals surface area contributed by atoms with Crippen molar-refractivity contribution in [2.75, 3.05) is 33.9 Å². The van der Waals surface area contributed by atoms with E-state index in [1.165, 1.54) is 4.88 Å². The van der Waals surface area contributed by atoms with Crippen LogP contribution in [-0.4, -0.2) is 49.3 Å². The van der Waals surface area contributed by atoms with Crippen molar-refractivity contribution >= 4 is 11.3 Å². The number of hydrogen-bond acceptors (Lipinski definition) is 6. The number of thiazole rings is 1. The minimum atomic E-state index is 0.0905. The number of morpholine rings is 1. The van der Waals surface area contributed by atoms with Crippen molar-refractivity contribution < 1.29 is 9.47 Å². The van der Waals surface area contributed by atoms with Crippen molar-refractivity contribution in [3.63, 3.8) is 0 Å². The fourth-order valence-electron chi connectivity index (χ4n) is 2.20. The van der Waals surface area contributed by atoms with E-state index in [2.05, 4.69) is 38.0 Å². The fraction of sp³-hybridized carbons (Fsp3) is 0.800. The third-order valence-electron chi connectivity index (χ3n) is 3.40. The number of likely N-dealkylation sites (N-methyl/N-ethyl adjacent to an activating group) is 1. The molecule has 1 saturated heterocycles. The molecule has 1 atom stereocenters. The second kappa shape index (κ2) is 7.15. The van der Waals surface area contributed by atoms with E-state index in [0.29, 0.717) is 6.61 Å². The number of nitrogens with zero attached hydrogens (tertiary/aromatic N) is 2. The largest absolute Gasteiger partial charge is 0.378 e. The maximum absolute atomic E-state index is 5.87. The maximum Gasteiger partial charge on any atom is 0.124 e. The lowest BCUT2D eigenvalue weighted by molar-refractivity contribution is -0.0211. The number of hydrogen-bond donors (Lipinski definition) is 1. The molecule has 1 aromatic rings. The summed E-state index contributed by atoms with van der Waals surface area (Å²) in [4.78, 5) is 8.30. The summed E-state index contributed by atoms with van der Waals surface area (Å²) in [5, 5.41) is 4.59. The minimum absolute atomic E-state index is 0.0905. The van der Waals surface area contributed by atoms with Crippen LogP contribution in [0.4, 0.5) is 0 Å². The molecule has 1 fully saturated rings. The molecule has 1 aliphatic heterocycles. The van der Waals surface area contributed by atoms with Gasteiger partial charge in [0.2, 0.25) is 0 Å². The van der Waals surface area contributed by atoms with Crippen LogP contribution in [-0.2, 0) is 22.6 Å². The molecule has 1 N–H and O–H groups in total. The number of nitrogens with one attached hydrogen (secondary N) is 1. The van der Waals surface area contributed by atoms with Crippen LogP contribution in [0.5, 0.6) is 0 Å². The molecule has 6 heteroatoms. The smallest absolute Gasteiger partial charge is 0.124 e. The van der Waals surface area contributed by atoms with Crippen molar-refractivity contribution in [2.24, 2.45) is 0 Å². The van der Waals surface area contributed by atoms with Crippen molar-refractivity contribution in [1.29, 1.82) is 0 Å². The highest BCUT2D eigenvalue weighted by molar-refractivity contribution is 7.11. The highest BCUT2D eigenvalue weighted by atomic mass is 32.1. The summed E-state index contributed by atoms with van der Waals surface area (Å²) in [6.07, 6.45) is 0.0905. The Morgan fingerprint density at radius 3 is 2.86 bits per heavy atom. The standard InChI is InChI=1S/C15H27N3O2S/c1-15(2,3)16-8-13-11(10-19-5)17-14(21-13)12-9-18(4)6-7-20-12/h12,16H,6-10H2,1-5H3. The van der Waals surface area contributed by atoms with Gasteiger partial charge in [0, 0.05) is 37.2 Å². The van der Waals surface area contributed by atoms with Gasteiger partial charge in [-0.05, 0) is 27.8 Å². The van der Waals surface area contributed by atoms with Gasteiger partial charge >= 0.3 is 0 Å². The highest BCUT2D eigenvalue weighted by Gasteiger charge is 2.24. The van der Waals surface area contributed by atoms with E-state index in [4.69, 9.17) is 14.5 Å². The third-order valence-corrected chi connectivity index (χ3v) is 4.59. The van der Waals surface area contributed by atoms with E-state index in [0.717, 1.165) is 36.9 Å². The fourth-order valence-corrected chi connectivity index (χ4v) is 3.25. The molecular weight excluding hydrogens is 286 g/mol. The van der Waals surface area contributed by atoms with Crippen molar-refractivity contribution in [2.45, 2.75) is 45.6 Å². The van der Waals surface area contributed by atoms with Gasteiger partial charge in [-0.2, -0.15) is 0 Å². The van der Waals surface area contributed by atoms with E-state index >= 15 is 0 Å². The van der Waals surface area contributed by atoms with Crippen LogP contribution in [0.1, 0.15) is 42.5 Å². The predicted molar refractivity (Wildman–Crippen MR) is 85.6 cm³/mol. The summed E-state index contributed by atoms with van der Waals surface area (Å²) in [6.45, 7) is 10.6. The molecule has 0 saturated carbocycles. The van der Waals surface area contributed by atoms with Crippen LogP contribution in [0.15, 0.2) is 0 Å². The van der Waals surface area contributed by atoms with Gasteiger partial charge in [0.1, 0.15) is 11.1 Å². The first-order chi connectivity index (χ1) is 9.89. The Labute approximate surface area is 131 Å². The van der Waals surface area contributed by atoms with E-state index in [9.17, 15) is 0 Å². The van der Waals surface area contributed by atoms with Crippen LogP contribution in [0.3, 0.4) is 0 Å². The molecule has 0 aromatic carbocycles. The quantitative estimate of drug-likeness (QED) is 0.903. The number of methoxy groups -OCH3 is 1. The average molecular weight is 313 g/mol. The first kappa shape index (κ1) is 16.8. The molecule has 0 spiro atoms. The molecule has 2 rings (SSSR count). The maximum atomic E-state index is 5.87. The van der Waals surface area contributed by atoms with E-state index in [1.807, 2.05) is 0 Å². The van der Waals surface area contributed by atoms with Gasteiger partial charge in [0.25, 0.3) is 0 Å². The zero-order valence-corrected chi connectivity index (χ0v) is 14.5.